The molecular weight excluding hydrogens is 366 g/mol. The maximum atomic E-state index is 5.54. The highest BCUT2D eigenvalue weighted by Crippen LogP contribution is 2.23. The first kappa shape index (κ1) is 21.1. The molecule has 0 spiro atoms. The number of methoxy groups -OCH3 is 1. The lowest BCUT2D eigenvalue weighted by Crippen LogP contribution is -2.46. The van der Waals surface area contributed by atoms with Crippen LogP contribution in [0.25, 0.3) is 0 Å². The average Bonchev–Trinajstić information content (AvgIpc) is 2.78. The molecule has 29 heavy (non-hydrogen) atoms. The number of rotatable bonds is 7. The molecule has 7 nitrogen and oxygen atoms in total. The molecule has 1 aliphatic rings. The standard InChI is InChI=1S/C22H31N5O2/c1-17-5-4-10-24-20(17)15-25-22(23-2)26-16-21(27-11-13-29-14-12-27)18-6-8-19(28-3)9-7-18/h4-10,21H,11-16H2,1-3H3,(H2,23,25,26). The molecule has 0 saturated carbocycles. The molecule has 1 saturated heterocycles. The second-order valence-corrected chi connectivity index (χ2v) is 7.01. The number of morpholine rings is 1. The molecule has 156 valence electrons. The summed E-state index contributed by atoms with van der Waals surface area (Å²) in [5.41, 5.74) is 3.44. The Hall–Kier alpha value is -2.64. The Bertz CT molecular complexity index is 788. The van der Waals surface area contributed by atoms with Gasteiger partial charge >= 0.3 is 0 Å². The van der Waals surface area contributed by atoms with Crippen LogP contribution in [0.4, 0.5) is 0 Å². The van der Waals surface area contributed by atoms with Crippen LogP contribution in [0.3, 0.4) is 0 Å². The zero-order valence-electron chi connectivity index (χ0n) is 17.5. The minimum Gasteiger partial charge on any atom is -0.497 e. The van der Waals surface area contributed by atoms with Crippen LogP contribution in [-0.2, 0) is 11.3 Å². The van der Waals surface area contributed by atoms with Gasteiger partial charge in [-0.05, 0) is 36.2 Å². The number of aliphatic imine (C=N–C) groups is 1. The summed E-state index contributed by atoms with van der Waals surface area (Å²) in [6.07, 6.45) is 1.82. The van der Waals surface area contributed by atoms with Gasteiger partial charge in [0.15, 0.2) is 5.96 Å². The third-order valence-corrected chi connectivity index (χ3v) is 5.21. The fourth-order valence-corrected chi connectivity index (χ4v) is 3.46. The van der Waals surface area contributed by atoms with E-state index in [0.29, 0.717) is 6.54 Å². The Balaban J connectivity index is 1.65. The monoisotopic (exact) mass is 397 g/mol. The van der Waals surface area contributed by atoms with E-state index in [-0.39, 0.29) is 6.04 Å². The van der Waals surface area contributed by atoms with Crippen LogP contribution >= 0.6 is 0 Å². The first-order valence-electron chi connectivity index (χ1n) is 10.0. The minimum atomic E-state index is 0.222. The summed E-state index contributed by atoms with van der Waals surface area (Å²) in [5.74, 6) is 1.63. The van der Waals surface area contributed by atoms with E-state index in [1.54, 1.807) is 14.2 Å². The van der Waals surface area contributed by atoms with E-state index < -0.39 is 0 Å². The average molecular weight is 398 g/mol. The molecule has 1 aliphatic heterocycles. The van der Waals surface area contributed by atoms with Gasteiger partial charge in [0.1, 0.15) is 5.75 Å². The van der Waals surface area contributed by atoms with Crippen LogP contribution in [0.5, 0.6) is 5.75 Å². The Morgan fingerprint density at radius 1 is 1.21 bits per heavy atom. The lowest BCUT2D eigenvalue weighted by Gasteiger charge is -2.35. The molecule has 2 heterocycles. The molecule has 0 aliphatic carbocycles. The van der Waals surface area contributed by atoms with Gasteiger partial charge in [0.2, 0.25) is 0 Å². The predicted octanol–water partition coefficient (Wildman–Crippen LogP) is 2.14. The summed E-state index contributed by atoms with van der Waals surface area (Å²) in [6.45, 7) is 6.80. The number of ether oxygens (including phenoxy) is 2. The molecule has 1 aromatic heterocycles. The van der Waals surface area contributed by atoms with Crippen molar-refractivity contribution in [3.05, 3.63) is 59.4 Å². The normalized spacial score (nSPS) is 16.3. The van der Waals surface area contributed by atoms with E-state index in [2.05, 4.69) is 50.6 Å². The Morgan fingerprint density at radius 2 is 1.97 bits per heavy atom. The Kier molecular flexibility index (Phi) is 7.84. The van der Waals surface area contributed by atoms with Crippen molar-refractivity contribution in [2.75, 3.05) is 47.0 Å². The van der Waals surface area contributed by atoms with Gasteiger partial charge in [-0.25, -0.2) is 0 Å². The summed E-state index contributed by atoms with van der Waals surface area (Å²) >= 11 is 0. The number of nitrogens with one attached hydrogen (secondary N) is 2. The largest absolute Gasteiger partial charge is 0.497 e. The third-order valence-electron chi connectivity index (χ3n) is 5.21. The molecule has 3 rings (SSSR count). The highest BCUT2D eigenvalue weighted by atomic mass is 16.5. The fourth-order valence-electron chi connectivity index (χ4n) is 3.46. The van der Waals surface area contributed by atoms with Crippen LogP contribution in [0.2, 0.25) is 0 Å². The van der Waals surface area contributed by atoms with Crippen LogP contribution in [0.15, 0.2) is 47.6 Å². The predicted molar refractivity (Wildman–Crippen MR) is 115 cm³/mol. The molecule has 2 N–H and O–H groups in total. The third kappa shape index (κ3) is 5.92. The van der Waals surface area contributed by atoms with Crippen LogP contribution in [0, 0.1) is 6.92 Å². The molecule has 7 heteroatoms. The summed E-state index contributed by atoms with van der Waals surface area (Å²) in [5, 5.41) is 6.85. The maximum Gasteiger partial charge on any atom is 0.191 e. The van der Waals surface area contributed by atoms with Gasteiger partial charge < -0.3 is 20.1 Å². The molecule has 0 amide bonds. The van der Waals surface area contributed by atoms with E-state index in [4.69, 9.17) is 9.47 Å². The minimum absolute atomic E-state index is 0.222. The molecule has 0 radical (unpaired) electrons. The molecule has 1 fully saturated rings. The molecule has 0 bridgehead atoms. The van der Waals surface area contributed by atoms with E-state index in [1.165, 1.54) is 11.1 Å². The quantitative estimate of drug-likeness (QED) is 0.551. The van der Waals surface area contributed by atoms with Crippen LogP contribution in [-0.4, -0.2) is 62.8 Å². The topological polar surface area (TPSA) is 71.0 Å². The summed E-state index contributed by atoms with van der Waals surface area (Å²) in [4.78, 5) is 11.3. The first-order valence-corrected chi connectivity index (χ1v) is 10.0. The zero-order valence-corrected chi connectivity index (χ0v) is 17.5. The van der Waals surface area contributed by atoms with Crippen molar-refractivity contribution in [3.63, 3.8) is 0 Å². The summed E-state index contributed by atoms with van der Waals surface area (Å²) in [6, 6.07) is 12.5. The van der Waals surface area contributed by atoms with Crippen molar-refractivity contribution in [3.8, 4) is 5.75 Å². The fraction of sp³-hybridized carbons (Fsp3) is 0.455. The molecule has 1 aromatic carbocycles. The lowest BCUT2D eigenvalue weighted by molar-refractivity contribution is 0.0170. The van der Waals surface area contributed by atoms with Gasteiger partial charge in [0.25, 0.3) is 0 Å². The molecule has 1 atom stereocenters. The van der Waals surface area contributed by atoms with Crippen molar-refractivity contribution >= 4 is 5.96 Å². The molecule has 1 unspecified atom stereocenters. The molecular formula is C22H31N5O2. The van der Waals surface area contributed by atoms with Gasteiger partial charge in [-0.15, -0.1) is 0 Å². The van der Waals surface area contributed by atoms with Crippen LogP contribution < -0.4 is 15.4 Å². The van der Waals surface area contributed by atoms with E-state index in [9.17, 15) is 0 Å². The van der Waals surface area contributed by atoms with E-state index in [1.807, 2.05) is 24.4 Å². The number of nitrogens with zero attached hydrogens (tertiary/aromatic N) is 3. The van der Waals surface area contributed by atoms with Gasteiger partial charge in [-0.2, -0.15) is 0 Å². The Morgan fingerprint density at radius 3 is 2.62 bits per heavy atom. The summed E-state index contributed by atoms with van der Waals surface area (Å²) in [7, 11) is 3.48. The number of benzene rings is 1. The maximum absolute atomic E-state index is 5.54. The van der Waals surface area contributed by atoms with Gasteiger partial charge in [0, 0.05) is 32.9 Å². The Labute approximate surface area is 173 Å². The summed E-state index contributed by atoms with van der Waals surface area (Å²) < 4.78 is 10.9. The van der Waals surface area contributed by atoms with E-state index >= 15 is 0 Å². The van der Waals surface area contributed by atoms with Crippen molar-refractivity contribution < 1.29 is 9.47 Å². The zero-order chi connectivity index (χ0) is 20.5. The number of guanidine groups is 1. The van der Waals surface area contributed by atoms with Crippen molar-refractivity contribution in [1.82, 2.24) is 20.5 Å². The lowest BCUT2D eigenvalue weighted by atomic mass is 10.0. The van der Waals surface area contributed by atoms with Crippen molar-refractivity contribution in [1.29, 1.82) is 0 Å². The van der Waals surface area contributed by atoms with Gasteiger partial charge in [-0.3, -0.25) is 14.9 Å². The number of hydrogen-bond donors (Lipinski definition) is 2. The second-order valence-electron chi connectivity index (χ2n) is 7.01. The smallest absolute Gasteiger partial charge is 0.191 e. The number of aryl methyl sites for hydroxylation is 1. The molecule has 2 aromatic rings. The highest BCUT2D eigenvalue weighted by Gasteiger charge is 2.23. The SMILES string of the molecule is CN=C(NCc1ncccc1C)NCC(c1ccc(OC)cc1)N1CCOCC1. The van der Waals surface area contributed by atoms with Gasteiger partial charge in [-0.1, -0.05) is 18.2 Å². The van der Waals surface area contributed by atoms with Crippen LogP contribution in [0.1, 0.15) is 22.9 Å². The van der Waals surface area contributed by atoms with Crippen molar-refractivity contribution in [2.45, 2.75) is 19.5 Å². The van der Waals surface area contributed by atoms with Crippen molar-refractivity contribution in [2.24, 2.45) is 4.99 Å². The number of hydrogen-bond acceptors (Lipinski definition) is 5. The number of aromatic nitrogens is 1. The van der Waals surface area contributed by atoms with E-state index in [0.717, 1.165) is 50.3 Å². The second kappa shape index (κ2) is 10.8. The van der Waals surface area contributed by atoms with Gasteiger partial charge in [0.05, 0.1) is 38.6 Å². The highest BCUT2D eigenvalue weighted by molar-refractivity contribution is 5.79. The first-order chi connectivity index (χ1) is 14.2. The number of pyridine rings is 1.